The van der Waals surface area contributed by atoms with Gasteiger partial charge in [0.1, 0.15) is 10.7 Å². The number of nitro groups is 1. The van der Waals surface area contributed by atoms with E-state index < -0.39 is 20.8 Å². The molecule has 1 saturated heterocycles. The highest BCUT2D eigenvalue weighted by molar-refractivity contribution is 7.89. The fourth-order valence-corrected chi connectivity index (χ4v) is 4.44. The summed E-state index contributed by atoms with van der Waals surface area (Å²) in [6.45, 7) is 0.414. The maximum atomic E-state index is 13.9. The van der Waals surface area contributed by atoms with Crippen LogP contribution in [-0.2, 0) is 14.8 Å². The summed E-state index contributed by atoms with van der Waals surface area (Å²) < 4.78 is 40.2. The Labute approximate surface area is 167 Å². The Morgan fingerprint density at radius 1 is 1.07 bits per heavy atom. The Bertz CT molecular complexity index is 1060. The van der Waals surface area contributed by atoms with Crippen LogP contribution in [0.25, 0.3) is 6.08 Å². The van der Waals surface area contributed by atoms with Crippen LogP contribution in [0.1, 0.15) is 5.56 Å². The van der Waals surface area contributed by atoms with Crippen molar-refractivity contribution in [2.45, 2.75) is 4.90 Å². The van der Waals surface area contributed by atoms with Gasteiger partial charge in [0.05, 0.1) is 4.92 Å². The molecule has 3 rings (SSSR count). The smallest absolute Gasteiger partial charge is 0.270 e. The van der Waals surface area contributed by atoms with Gasteiger partial charge in [-0.3, -0.25) is 14.9 Å². The third kappa shape index (κ3) is 4.66. The molecule has 1 aliphatic heterocycles. The molecule has 152 valence electrons. The lowest BCUT2D eigenvalue weighted by atomic mass is 10.2. The molecule has 1 fully saturated rings. The summed E-state index contributed by atoms with van der Waals surface area (Å²) in [6.07, 6.45) is 2.76. The van der Waals surface area contributed by atoms with Crippen molar-refractivity contribution in [1.29, 1.82) is 0 Å². The number of nitrogens with zero attached hydrogens (tertiary/aromatic N) is 3. The van der Waals surface area contributed by atoms with E-state index in [-0.39, 0.29) is 42.7 Å². The predicted molar refractivity (Wildman–Crippen MR) is 104 cm³/mol. The average Bonchev–Trinajstić information content (AvgIpc) is 2.72. The summed E-state index contributed by atoms with van der Waals surface area (Å²) in [5, 5.41) is 10.8. The Kier molecular flexibility index (Phi) is 6.04. The van der Waals surface area contributed by atoms with Gasteiger partial charge in [-0.1, -0.05) is 24.3 Å². The van der Waals surface area contributed by atoms with E-state index in [4.69, 9.17) is 0 Å². The van der Waals surface area contributed by atoms with Crippen molar-refractivity contribution in [3.05, 3.63) is 76.1 Å². The van der Waals surface area contributed by atoms with Crippen LogP contribution in [0, 0.1) is 15.9 Å². The van der Waals surface area contributed by atoms with Gasteiger partial charge >= 0.3 is 0 Å². The zero-order valence-electron chi connectivity index (χ0n) is 15.3. The molecule has 0 N–H and O–H groups in total. The molecule has 0 aromatic heterocycles. The molecule has 1 aliphatic rings. The van der Waals surface area contributed by atoms with E-state index in [0.717, 1.165) is 10.4 Å². The summed E-state index contributed by atoms with van der Waals surface area (Å²) in [4.78, 5) is 23.7. The molecule has 0 spiro atoms. The fourth-order valence-electron chi connectivity index (χ4n) is 2.96. The Balaban J connectivity index is 1.63. The highest BCUT2D eigenvalue weighted by Crippen LogP contribution is 2.20. The first-order chi connectivity index (χ1) is 13.8. The van der Waals surface area contributed by atoms with Gasteiger partial charge in [-0.15, -0.1) is 0 Å². The van der Waals surface area contributed by atoms with Gasteiger partial charge in [-0.2, -0.15) is 4.31 Å². The van der Waals surface area contributed by atoms with Crippen LogP contribution >= 0.6 is 0 Å². The first kappa shape index (κ1) is 20.6. The minimum atomic E-state index is -3.97. The quantitative estimate of drug-likeness (QED) is 0.420. The molecule has 1 heterocycles. The molecule has 10 heteroatoms. The summed E-state index contributed by atoms with van der Waals surface area (Å²) in [5.41, 5.74) is 0.430. The lowest BCUT2D eigenvalue weighted by Crippen LogP contribution is -2.50. The van der Waals surface area contributed by atoms with Crippen LogP contribution in [-0.4, -0.2) is 54.6 Å². The molecular weight excluding hydrogens is 401 g/mol. The normalized spacial score (nSPS) is 15.6. The van der Waals surface area contributed by atoms with Gasteiger partial charge in [0.15, 0.2) is 0 Å². The van der Waals surface area contributed by atoms with Gasteiger partial charge < -0.3 is 4.90 Å². The molecule has 0 radical (unpaired) electrons. The number of non-ortho nitro benzene ring substituents is 1. The second-order valence-electron chi connectivity index (χ2n) is 6.35. The van der Waals surface area contributed by atoms with E-state index in [0.29, 0.717) is 5.56 Å². The minimum absolute atomic E-state index is 0.0487. The third-order valence-corrected chi connectivity index (χ3v) is 6.44. The van der Waals surface area contributed by atoms with Gasteiger partial charge in [-0.05, 0) is 23.8 Å². The molecule has 1 amide bonds. The third-order valence-electron chi connectivity index (χ3n) is 4.50. The SMILES string of the molecule is O=C(C=Cc1cccc([N+](=O)[O-])c1)N1CCN(S(=O)(=O)c2ccccc2F)CC1. The lowest BCUT2D eigenvalue weighted by Gasteiger charge is -2.33. The minimum Gasteiger partial charge on any atom is -0.337 e. The molecule has 29 heavy (non-hydrogen) atoms. The Morgan fingerprint density at radius 2 is 1.76 bits per heavy atom. The van der Waals surface area contributed by atoms with Crippen LogP contribution in [0.4, 0.5) is 10.1 Å². The first-order valence-electron chi connectivity index (χ1n) is 8.75. The van der Waals surface area contributed by atoms with Gasteiger partial charge in [-0.25, -0.2) is 12.8 Å². The van der Waals surface area contributed by atoms with E-state index in [1.807, 2.05) is 0 Å². The van der Waals surface area contributed by atoms with Gasteiger partial charge in [0.25, 0.3) is 5.69 Å². The number of hydrogen-bond donors (Lipinski definition) is 0. The second-order valence-corrected chi connectivity index (χ2v) is 8.25. The van der Waals surface area contributed by atoms with Crippen molar-refractivity contribution in [2.24, 2.45) is 0 Å². The van der Waals surface area contributed by atoms with Crippen LogP contribution < -0.4 is 0 Å². The largest absolute Gasteiger partial charge is 0.337 e. The summed E-state index contributed by atoms with van der Waals surface area (Å²) in [7, 11) is -3.97. The second kappa shape index (κ2) is 8.50. The Hall–Kier alpha value is -3.11. The van der Waals surface area contributed by atoms with E-state index >= 15 is 0 Å². The van der Waals surface area contributed by atoms with Crippen LogP contribution in [0.5, 0.6) is 0 Å². The molecule has 0 atom stereocenters. The average molecular weight is 419 g/mol. The molecule has 0 bridgehead atoms. The number of sulfonamides is 1. The zero-order chi connectivity index (χ0) is 21.0. The zero-order valence-corrected chi connectivity index (χ0v) is 16.1. The number of carbonyl (C=O) groups excluding carboxylic acids is 1. The van der Waals surface area contributed by atoms with Crippen molar-refractivity contribution >= 4 is 27.7 Å². The number of carbonyl (C=O) groups is 1. The number of benzene rings is 2. The summed E-state index contributed by atoms with van der Waals surface area (Å²) >= 11 is 0. The Morgan fingerprint density at radius 3 is 2.41 bits per heavy atom. The van der Waals surface area contributed by atoms with Crippen molar-refractivity contribution in [2.75, 3.05) is 26.2 Å². The molecule has 2 aromatic carbocycles. The number of hydrogen-bond acceptors (Lipinski definition) is 5. The van der Waals surface area contributed by atoms with Crippen molar-refractivity contribution < 1.29 is 22.5 Å². The lowest BCUT2D eigenvalue weighted by molar-refractivity contribution is -0.384. The van der Waals surface area contributed by atoms with Crippen LogP contribution in [0.3, 0.4) is 0 Å². The van der Waals surface area contributed by atoms with Gasteiger partial charge in [0.2, 0.25) is 15.9 Å². The fraction of sp³-hybridized carbons (Fsp3) is 0.211. The monoisotopic (exact) mass is 419 g/mol. The molecule has 0 saturated carbocycles. The number of halogens is 1. The molecule has 8 nitrogen and oxygen atoms in total. The van der Waals surface area contributed by atoms with E-state index in [1.54, 1.807) is 6.07 Å². The molecule has 0 unspecified atom stereocenters. The van der Waals surface area contributed by atoms with E-state index in [9.17, 15) is 27.7 Å². The molecular formula is C19H18FN3O5S. The van der Waals surface area contributed by atoms with Gasteiger partial charge in [0, 0.05) is 44.4 Å². The first-order valence-corrected chi connectivity index (χ1v) is 10.2. The molecule has 2 aromatic rings. The molecule has 0 aliphatic carbocycles. The topological polar surface area (TPSA) is 101 Å². The maximum absolute atomic E-state index is 13.9. The number of piperazine rings is 1. The van der Waals surface area contributed by atoms with E-state index in [2.05, 4.69) is 0 Å². The number of rotatable bonds is 5. The van der Waals surface area contributed by atoms with E-state index in [1.165, 1.54) is 53.5 Å². The van der Waals surface area contributed by atoms with Crippen molar-refractivity contribution in [3.8, 4) is 0 Å². The predicted octanol–water partition coefficient (Wildman–Crippen LogP) is 2.28. The standard InChI is InChI=1S/C19H18FN3O5S/c20-17-6-1-2-7-18(17)29(27,28)22-12-10-21(11-13-22)19(24)9-8-15-4-3-5-16(14-15)23(25)26/h1-9,14H,10-13H2. The van der Waals surface area contributed by atoms with Crippen molar-refractivity contribution in [1.82, 2.24) is 9.21 Å². The summed E-state index contributed by atoms with van der Waals surface area (Å²) in [5.74, 6) is -1.15. The van der Waals surface area contributed by atoms with Crippen molar-refractivity contribution in [3.63, 3.8) is 0 Å². The van der Waals surface area contributed by atoms with Crippen LogP contribution in [0.2, 0.25) is 0 Å². The number of amides is 1. The highest BCUT2D eigenvalue weighted by Gasteiger charge is 2.31. The maximum Gasteiger partial charge on any atom is 0.270 e. The number of nitro benzene ring substituents is 1. The summed E-state index contributed by atoms with van der Waals surface area (Å²) in [6, 6.07) is 11.0. The van der Waals surface area contributed by atoms with Crippen LogP contribution in [0.15, 0.2) is 59.5 Å². The highest BCUT2D eigenvalue weighted by atomic mass is 32.2.